The first-order chi connectivity index (χ1) is 17.0. The molecular formula is C34H48P2. The molecule has 0 heterocycles. The van der Waals surface area contributed by atoms with Crippen molar-refractivity contribution in [2.24, 2.45) is 35.5 Å². The smallest absolute Gasteiger partial charge is 0.00108 e. The van der Waals surface area contributed by atoms with Gasteiger partial charge in [-0.05, 0) is 89.3 Å². The van der Waals surface area contributed by atoms with Crippen molar-refractivity contribution in [1.82, 2.24) is 0 Å². The normalized spacial score (nSPS) is 32.8. The number of fused-ring (bicyclic) bond motifs is 6. The fraction of sp³-hybridized carbons (Fsp3) is 0.588. The predicted molar refractivity (Wildman–Crippen MR) is 164 cm³/mol. The largest absolute Gasteiger partial charge is 0.102 e. The van der Waals surface area contributed by atoms with E-state index in [2.05, 4.69) is 122 Å². The van der Waals surface area contributed by atoms with Gasteiger partial charge in [0.2, 0.25) is 0 Å². The third kappa shape index (κ3) is 4.69. The van der Waals surface area contributed by atoms with E-state index < -0.39 is 0 Å². The van der Waals surface area contributed by atoms with Gasteiger partial charge in [0, 0.05) is 5.66 Å². The molecule has 0 spiro atoms. The van der Waals surface area contributed by atoms with Crippen LogP contribution in [-0.2, 0) is 0 Å². The van der Waals surface area contributed by atoms with Crippen LogP contribution in [0, 0.1) is 35.5 Å². The molecule has 3 fully saturated rings. The van der Waals surface area contributed by atoms with Gasteiger partial charge in [-0.3, -0.25) is 0 Å². The molecule has 2 aromatic carbocycles. The molecule has 3 saturated carbocycles. The lowest BCUT2D eigenvalue weighted by molar-refractivity contribution is 0.223. The monoisotopic (exact) mass is 518 g/mol. The Balaban J connectivity index is 1.54. The van der Waals surface area contributed by atoms with Gasteiger partial charge < -0.3 is 0 Å². The summed E-state index contributed by atoms with van der Waals surface area (Å²) in [4.78, 5) is 0. The van der Waals surface area contributed by atoms with Gasteiger partial charge in [0.05, 0.1) is 0 Å². The van der Waals surface area contributed by atoms with Crippen molar-refractivity contribution in [2.75, 3.05) is 0 Å². The molecule has 0 radical (unpaired) electrons. The zero-order valence-corrected chi connectivity index (χ0v) is 25.5. The molecule has 0 aromatic heterocycles. The summed E-state index contributed by atoms with van der Waals surface area (Å²) >= 11 is 0. The highest BCUT2D eigenvalue weighted by molar-refractivity contribution is 7.73. The summed E-state index contributed by atoms with van der Waals surface area (Å²) < 4.78 is 0. The molecule has 194 valence electrons. The van der Waals surface area contributed by atoms with Gasteiger partial charge in [-0.25, -0.2) is 0 Å². The fourth-order valence-corrected chi connectivity index (χ4v) is 17.4. The first-order valence-electron chi connectivity index (χ1n) is 14.3. The first-order valence-corrected chi connectivity index (χ1v) is 17.2. The summed E-state index contributed by atoms with van der Waals surface area (Å²) in [6.45, 7) is 22.2. The second-order valence-corrected chi connectivity index (χ2v) is 20.4. The van der Waals surface area contributed by atoms with Crippen molar-refractivity contribution in [2.45, 2.75) is 89.4 Å². The summed E-state index contributed by atoms with van der Waals surface area (Å²) in [5.41, 5.74) is 1.48. The van der Waals surface area contributed by atoms with Gasteiger partial charge in [0.25, 0.3) is 0 Å². The minimum absolute atomic E-state index is 0.207. The van der Waals surface area contributed by atoms with E-state index in [-0.39, 0.29) is 15.8 Å². The molecule has 0 N–H and O–H groups in total. The molecular weight excluding hydrogens is 470 g/mol. The van der Waals surface area contributed by atoms with Gasteiger partial charge in [-0.15, -0.1) is 6.58 Å². The van der Waals surface area contributed by atoms with Gasteiger partial charge in [-0.1, -0.05) is 123 Å². The van der Waals surface area contributed by atoms with Crippen LogP contribution in [-0.4, -0.2) is 21.6 Å². The summed E-state index contributed by atoms with van der Waals surface area (Å²) in [6.07, 6.45) is 6.84. The van der Waals surface area contributed by atoms with Crippen LogP contribution >= 0.6 is 15.8 Å². The predicted octanol–water partition coefficient (Wildman–Crippen LogP) is 9.05. The van der Waals surface area contributed by atoms with E-state index in [1.807, 2.05) is 0 Å². The fourth-order valence-electron chi connectivity index (χ4n) is 9.25. The number of rotatable bonds is 6. The summed E-state index contributed by atoms with van der Waals surface area (Å²) in [5.74, 6) is 5.22. The maximum absolute atomic E-state index is 4.53. The second kappa shape index (κ2) is 9.97. The van der Waals surface area contributed by atoms with E-state index in [0.717, 1.165) is 41.2 Å². The SMILES string of the molecule is C=C[C@H]([C@H]1C2CC(C3CC2C(P(c2ccccc2)c2ccccc2)C3)[C@H]1C)P(C(C)(C)C)C(C)(C)C. The summed E-state index contributed by atoms with van der Waals surface area (Å²) in [5, 5.41) is 3.84. The van der Waals surface area contributed by atoms with Crippen LogP contribution in [0.4, 0.5) is 0 Å². The highest BCUT2D eigenvalue weighted by Gasteiger charge is 2.60. The van der Waals surface area contributed by atoms with E-state index in [4.69, 9.17) is 0 Å². The van der Waals surface area contributed by atoms with E-state index in [0.29, 0.717) is 16.0 Å². The average Bonchev–Trinajstić information content (AvgIpc) is 3.31. The van der Waals surface area contributed by atoms with Crippen LogP contribution in [0.3, 0.4) is 0 Å². The molecule has 3 aliphatic carbocycles. The van der Waals surface area contributed by atoms with Crippen molar-refractivity contribution in [1.29, 1.82) is 0 Å². The van der Waals surface area contributed by atoms with Gasteiger partial charge >= 0.3 is 0 Å². The zero-order chi connectivity index (χ0) is 25.8. The van der Waals surface area contributed by atoms with Gasteiger partial charge in [0.1, 0.15) is 0 Å². The van der Waals surface area contributed by atoms with Crippen molar-refractivity contribution in [3.05, 3.63) is 73.3 Å². The van der Waals surface area contributed by atoms with Gasteiger partial charge in [-0.2, -0.15) is 0 Å². The number of hydrogen-bond acceptors (Lipinski definition) is 0. The number of allylic oxidation sites excluding steroid dienone is 1. The number of hydrogen-bond donors (Lipinski definition) is 0. The van der Waals surface area contributed by atoms with E-state index in [9.17, 15) is 0 Å². The minimum Gasteiger partial charge on any atom is -0.102 e. The Morgan fingerprint density at radius 3 is 1.75 bits per heavy atom. The lowest BCUT2D eigenvalue weighted by atomic mass is 9.77. The molecule has 5 unspecified atom stereocenters. The van der Waals surface area contributed by atoms with E-state index >= 15 is 0 Å². The third-order valence-corrected chi connectivity index (χ3v) is 16.9. The molecule has 0 amide bonds. The lowest BCUT2D eigenvalue weighted by Crippen LogP contribution is -2.40. The van der Waals surface area contributed by atoms with Crippen LogP contribution in [0.15, 0.2) is 73.3 Å². The summed E-state index contributed by atoms with van der Waals surface area (Å²) in [6, 6.07) is 23.1. The Labute approximate surface area is 224 Å². The van der Waals surface area contributed by atoms with Crippen molar-refractivity contribution in [3.63, 3.8) is 0 Å². The average molecular weight is 519 g/mol. The van der Waals surface area contributed by atoms with Crippen molar-refractivity contribution < 1.29 is 0 Å². The Morgan fingerprint density at radius 1 is 0.750 bits per heavy atom. The Kier molecular flexibility index (Phi) is 7.38. The molecule has 5 rings (SSSR count). The molecule has 2 aromatic rings. The number of benzene rings is 2. The second-order valence-electron chi connectivity index (χ2n) is 13.9. The molecule has 2 heteroatoms. The molecule has 0 aliphatic heterocycles. The Bertz CT molecular complexity index is 977. The molecule has 3 aliphatic rings. The highest BCUT2D eigenvalue weighted by Crippen LogP contribution is 2.72. The molecule has 0 saturated heterocycles. The third-order valence-electron chi connectivity index (χ3n) is 9.87. The zero-order valence-electron chi connectivity index (χ0n) is 23.7. The molecule has 36 heavy (non-hydrogen) atoms. The highest BCUT2D eigenvalue weighted by atomic mass is 31.1. The Morgan fingerprint density at radius 2 is 1.28 bits per heavy atom. The lowest BCUT2D eigenvalue weighted by Gasteiger charge is -2.50. The maximum Gasteiger partial charge on any atom is 0.00108 e. The van der Waals surface area contributed by atoms with E-state index in [1.54, 1.807) is 10.6 Å². The van der Waals surface area contributed by atoms with Crippen LogP contribution in [0.1, 0.15) is 67.7 Å². The van der Waals surface area contributed by atoms with Crippen LogP contribution in [0.2, 0.25) is 0 Å². The molecule has 4 bridgehead atoms. The van der Waals surface area contributed by atoms with Crippen LogP contribution < -0.4 is 10.6 Å². The quantitative estimate of drug-likeness (QED) is 0.264. The maximum atomic E-state index is 4.53. The topological polar surface area (TPSA) is 0 Å². The molecule has 0 nitrogen and oxygen atoms in total. The van der Waals surface area contributed by atoms with Crippen molar-refractivity contribution >= 4 is 26.5 Å². The van der Waals surface area contributed by atoms with Gasteiger partial charge in [0.15, 0.2) is 0 Å². The van der Waals surface area contributed by atoms with Crippen molar-refractivity contribution in [3.8, 4) is 0 Å². The Hall–Kier alpha value is -0.960. The first kappa shape index (κ1) is 26.6. The minimum atomic E-state index is -0.333. The standard InChI is InChI=1S/C34H48P2/c1-9-30(36(33(3,4)5)34(6,7)8)32-23(2)27-22-29(32)28-20-24(27)21-31(28)35(25-16-12-10-13-17-25)26-18-14-11-15-19-26/h9-19,23-24,27-32H,1,20-22H2,2-8H3/t23-,24?,27?,28?,29?,30-,31?,32-/m1/s1. The van der Waals surface area contributed by atoms with Crippen LogP contribution in [0.25, 0.3) is 0 Å². The molecule has 8 atom stereocenters. The van der Waals surface area contributed by atoms with E-state index in [1.165, 1.54) is 19.3 Å². The summed E-state index contributed by atoms with van der Waals surface area (Å²) in [7, 11) is -0.540. The van der Waals surface area contributed by atoms with Crippen LogP contribution in [0.5, 0.6) is 0 Å².